The Morgan fingerprint density at radius 2 is 1.88 bits per heavy atom. The number of fused-ring (bicyclic) bond motifs is 6. The average molecular weight is 504 g/mol. The van der Waals surface area contributed by atoms with E-state index in [-0.39, 0.29) is 11.5 Å². The maximum Gasteiger partial charge on any atom is 0.135 e. The third-order valence-electron chi connectivity index (χ3n) is 6.52. The van der Waals surface area contributed by atoms with Crippen LogP contribution in [0.25, 0.3) is 29.7 Å². The van der Waals surface area contributed by atoms with Gasteiger partial charge in [0.2, 0.25) is 0 Å². The topological polar surface area (TPSA) is 37.3 Å². The summed E-state index contributed by atoms with van der Waals surface area (Å²) < 4.78 is 4.06. The fourth-order valence-electron chi connectivity index (χ4n) is 5.06. The quantitative estimate of drug-likeness (QED) is 0.266. The van der Waals surface area contributed by atoms with E-state index >= 15 is 0 Å². The van der Waals surface area contributed by atoms with Crippen molar-refractivity contribution < 1.29 is 0 Å². The van der Waals surface area contributed by atoms with Crippen molar-refractivity contribution in [3.63, 3.8) is 0 Å². The van der Waals surface area contributed by atoms with Crippen LogP contribution in [0.5, 0.6) is 0 Å². The van der Waals surface area contributed by atoms with Crippen molar-refractivity contribution in [1.82, 2.24) is 4.98 Å². The lowest BCUT2D eigenvalue weighted by Crippen LogP contribution is -2.14. The van der Waals surface area contributed by atoms with Crippen LogP contribution in [0, 0.1) is 12.8 Å². The van der Waals surface area contributed by atoms with Gasteiger partial charge in [0.05, 0.1) is 26.6 Å². The SMILES string of the molecule is Cc1nc2sc3cc(C4N=CNc5c4sc4c(CC(C)C)cccc54)cc(C(C)(C)C)c3c2s1. The zero-order chi connectivity index (χ0) is 23.8. The summed E-state index contributed by atoms with van der Waals surface area (Å²) in [6, 6.07) is 11.5. The number of nitrogens with zero attached hydrogens (tertiary/aromatic N) is 2. The van der Waals surface area contributed by atoms with E-state index in [1.807, 2.05) is 40.3 Å². The van der Waals surface area contributed by atoms with Gasteiger partial charge in [0, 0.05) is 20.2 Å². The number of anilines is 1. The van der Waals surface area contributed by atoms with E-state index in [0.29, 0.717) is 5.92 Å². The third-order valence-corrected chi connectivity index (χ3v) is 10.00. The molecule has 0 bridgehead atoms. The molecule has 0 fully saturated rings. The first-order valence-corrected chi connectivity index (χ1v) is 14.3. The first-order chi connectivity index (χ1) is 16.2. The molecule has 34 heavy (non-hydrogen) atoms. The van der Waals surface area contributed by atoms with E-state index in [9.17, 15) is 0 Å². The lowest BCUT2D eigenvalue weighted by atomic mass is 9.83. The number of thiazole rings is 1. The number of hydrogen-bond donors (Lipinski definition) is 1. The number of benzene rings is 2. The van der Waals surface area contributed by atoms with E-state index in [1.165, 1.54) is 52.1 Å². The fourth-order valence-corrected chi connectivity index (χ4v) is 8.78. The standard InChI is InChI=1S/C28H29N3S3/c1-14(2)10-16-8-7-9-18-23-26(34-24(16)18)22(29-13-30-23)17-11-19(28(4,5)6)21-20(12-17)33-27-25(21)32-15(3)31-27/h7-9,11-14,22H,10H2,1-6H3,(H,29,30). The van der Waals surface area contributed by atoms with Crippen LogP contribution in [0.3, 0.4) is 0 Å². The van der Waals surface area contributed by atoms with Crippen LogP contribution in [0.1, 0.15) is 67.2 Å². The van der Waals surface area contributed by atoms with Crippen molar-refractivity contribution in [1.29, 1.82) is 0 Å². The largest absolute Gasteiger partial charge is 0.345 e. The second-order valence-electron chi connectivity index (χ2n) is 10.7. The molecule has 0 spiro atoms. The molecule has 1 atom stereocenters. The van der Waals surface area contributed by atoms with E-state index in [1.54, 1.807) is 0 Å². The summed E-state index contributed by atoms with van der Waals surface area (Å²) in [5.41, 5.74) is 5.38. The fraction of sp³-hybridized carbons (Fsp3) is 0.357. The Morgan fingerprint density at radius 3 is 2.65 bits per heavy atom. The molecular weight excluding hydrogens is 475 g/mol. The summed E-state index contributed by atoms with van der Waals surface area (Å²) in [4.78, 5) is 12.3. The molecule has 1 aliphatic heterocycles. The minimum absolute atomic E-state index is 0.0147. The van der Waals surface area contributed by atoms with Crippen LogP contribution in [-0.4, -0.2) is 11.3 Å². The van der Waals surface area contributed by atoms with Gasteiger partial charge in [0.25, 0.3) is 0 Å². The van der Waals surface area contributed by atoms with E-state index in [0.717, 1.165) is 16.3 Å². The van der Waals surface area contributed by atoms with Gasteiger partial charge in [0.1, 0.15) is 10.9 Å². The van der Waals surface area contributed by atoms with Crippen molar-refractivity contribution in [3.05, 3.63) is 56.9 Å². The van der Waals surface area contributed by atoms with Gasteiger partial charge in [0.15, 0.2) is 0 Å². The van der Waals surface area contributed by atoms with Gasteiger partial charge in [-0.25, -0.2) is 4.98 Å². The van der Waals surface area contributed by atoms with Gasteiger partial charge in [-0.15, -0.1) is 34.0 Å². The number of aromatic nitrogens is 1. The molecule has 1 N–H and O–H groups in total. The minimum atomic E-state index is 0.0147. The van der Waals surface area contributed by atoms with Gasteiger partial charge in [-0.05, 0) is 47.4 Å². The smallest absolute Gasteiger partial charge is 0.135 e. The summed E-state index contributed by atoms with van der Waals surface area (Å²) in [7, 11) is 0. The number of aryl methyl sites for hydroxylation is 1. The predicted octanol–water partition coefficient (Wildman–Crippen LogP) is 9.07. The second-order valence-corrected chi connectivity index (χ2v) is 14.0. The lowest BCUT2D eigenvalue weighted by Gasteiger charge is -2.24. The van der Waals surface area contributed by atoms with Crippen LogP contribution < -0.4 is 5.32 Å². The molecule has 5 aromatic rings. The molecule has 4 heterocycles. The first kappa shape index (κ1) is 22.2. The average Bonchev–Trinajstić information content (AvgIpc) is 3.42. The van der Waals surface area contributed by atoms with Crippen molar-refractivity contribution in [2.75, 3.05) is 5.32 Å². The van der Waals surface area contributed by atoms with E-state index in [4.69, 9.17) is 9.98 Å². The molecule has 0 amide bonds. The first-order valence-electron chi connectivity index (χ1n) is 11.9. The molecule has 2 aromatic carbocycles. The Hall–Kier alpha value is -2.28. The van der Waals surface area contributed by atoms with Gasteiger partial charge < -0.3 is 5.32 Å². The third kappa shape index (κ3) is 3.50. The van der Waals surface area contributed by atoms with Crippen LogP contribution in [0.4, 0.5) is 5.69 Å². The number of thiophene rings is 2. The predicted molar refractivity (Wildman–Crippen MR) is 153 cm³/mol. The zero-order valence-corrected chi connectivity index (χ0v) is 22.9. The summed E-state index contributed by atoms with van der Waals surface area (Å²) in [6.07, 6.45) is 2.99. The van der Waals surface area contributed by atoms with E-state index < -0.39 is 0 Å². The number of hydrogen-bond acceptors (Lipinski definition) is 6. The highest BCUT2D eigenvalue weighted by Gasteiger charge is 2.29. The highest BCUT2D eigenvalue weighted by Crippen LogP contribution is 2.49. The molecule has 6 rings (SSSR count). The van der Waals surface area contributed by atoms with Crippen molar-refractivity contribution in [2.45, 2.75) is 59.4 Å². The number of nitrogens with one attached hydrogen (secondary N) is 1. The molecule has 0 saturated heterocycles. The minimum Gasteiger partial charge on any atom is -0.345 e. The molecule has 3 nitrogen and oxygen atoms in total. The summed E-state index contributed by atoms with van der Waals surface area (Å²) >= 11 is 5.56. The normalized spacial score (nSPS) is 16.1. The number of rotatable bonds is 3. The molecule has 6 heteroatoms. The van der Waals surface area contributed by atoms with E-state index in [2.05, 4.69) is 77.2 Å². The molecule has 174 valence electrons. The molecule has 0 saturated carbocycles. The highest BCUT2D eigenvalue weighted by molar-refractivity contribution is 7.32. The Morgan fingerprint density at radius 1 is 1.06 bits per heavy atom. The van der Waals surface area contributed by atoms with Gasteiger partial charge in [-0.1, -0.05) is 58.9 Å². The van der Waals surface area contributed by atoms with Crippen LogP contribution in [0.15, 0.2) is 35.3 Å². The zero-order valence-electron chi connectivity index (χ0n) is 20.4. The summed E-state index contributed by atoms with van der Waals surface area (Å²) in [6.45, 7) is 13.6. The van der Waals surface area contributed by atoms with Crippen LogP contribution in [0.2, 0.25) is 0 Å². The van der Waals surface area contributed by atoms with Crippen molar-refractivity contribution in [2.24, 2.45) is 10.9 Å². The Balaban J connectivity index is 1.57. The van der Waals surface area contributed by atoms with Crippen molar-refractivity contribution in [3.8, 4) is 0 Å². The molecule has 1 aliphatic rings. The van der Waals surface area contributed by atoms with Gasteiger partial charge >= 0.3 is 0 Å². The summed E-state index contributed by atoms with van der Waals surface area (Å²) in [5, 5.41) is 7.33. The Kier molecular flexibility index (Phi) is 5.14. The Labute approximate surface area is 212 Å². The lowest BCUT2D eigenvalue weighted by molar-refractivity contribution is 0.595. The van der Waals surface area contributed by atoms with Crippen molar-refractivity contribution >= 4 is 75.7 Å². The highest BCUT2D eigenvalue weighted by atomic mass is 32.1. The van der Waals surface area contributed by atoms with Gasteiger partial charge in [-0.3, -0.25) is 4.99 Å². The maximum atomic E-state index is 4.98. The molecule has 3 aromatic heterocycles. The molecule has 0 aliphatic carbocycles. The molecule has 0 radical (unpaired) electrons. The summed E-state index contributed by atoms with van der Waals surface area (Å²) in [5.74, 6) is 0.631. The number of aliphatic imine (C=N–C) groups is 1. The van der Waals surface area contributed by atoms with Crippen LogP contribution in [-0.2, 0) is 11.8 Å². The van der Waals surface area contributed by atoms with Gasteiger partial charge in [-0.2, -0.15) is 0 Å². The van der Waals surface area contributed by atoms with Crippen LogP contribution >= 0.6 is 34.0 Å². The Bertz CT molecular complexity index is 1590. The molecular formula is C28H29N3S3. The monoisotopic (exact) mass is 503 g/mol. The maximum absolute atomic E-state index is 4.98. The second kappa shape index (κ2) is 7.87. The molecule has 1 unspecified atom stereocenters.